The van der Waals surface area contributed by atoms with Gasteiger partial charge in [-0.25, -0.2) is 9.18 Å². The van der Waals surface area contributed by atoms with Crippen molar-refractivity contribution in [1.29, 1.82) is 0 Å². The fraction of sp³-hybridized carbons (Fsp3) is 0.720. The van der Waals surface area contributed by atoms with Crippen LogP contribution in [0.3, 0.4) is 0 Å². The van der Waals surface area contributed by atoms with Gasteiger partial charge in [0, 0.05) is 36.9 Å². The van der Waals surface area contributed by atoms with Gasteiger partial charge in [0.25, 0.3) is 0 Å². The van der Waals surface area contributed by atoms with Gasteiger partial charge in [0.1, 0.15) is 0 Å². The predicted octanol–water partition coefficient (Wildman–Crippen LogP) is 4.41. The molecule has 3 saturated carbocycles. The van der Waals surface area contributed by atoms with Gasteiger partial charge in [0.2, 0.25) is 0 Å². The zero-order chi connectivity index (χ0) is 22.0. The van der Waals surface area contributed by atoms with Crippen LogP contribution in [-0.4, -0.2) is 55.9 Å². The van der Waals surface area contributed by atoms with E-state index >= 15 is 0 Å². The summed E-state index contributed by atoms with van der Waals surface area (Å²) in [6.07, 6.45) is 9.47. The Morgan fingerprint density at radius 3 is 2.91 bits per heavy atom. The molecule has 176 valence electrons. The molecule has 0 radical (unpaired) electrons. The Bertz CT molecular complexity index is 812. The lowest BCUT2D eigenvalue weighted by Gasteiger charge is -2.38. The Kier molecular flexibility index (Phi) is 6.56. The van der Waals surface area contributed by atoms with E-state index in [4.69, 9.17) is 9.47 Å². The number of hydrogen-bond acceptors (Lipinski definition) is 4. The summed E-state index contributed by atoms with van der Waals surface area (Å²) in [7, 11) is 0. The van der Waals surface area contributed by atoms with Crippen LogP contribution in [0.4, 0.5) is 14.9 Å². The summed E-state index contributed by atoms with van der Waals surface area (Å²) in [6.45, 7) is 4.77. The second-order valence-corrected chi connectivity index (χ2v) is 10.3. The first-order chi connectivity index (χ1) is 15.6. The SMILES string of the molecule is O=C(Nc1ccc(F)c(OCCCN2CCOCC2)c1)NC12CC3CCCC(C1)C(C3)C2. The highest BCUT2D eigenvalue weighted by molar-refractivity contribution is 5.90. The molecule has 6 nitrogen and oxygen atoms in total. The zero-order valence-corrected chi connectivity index (χ0v) is 18.9. The molecule has 0 spiro atoms. The van der Waals surface area contributed by atoms with Gasteiger partial charge in [0.05, 0.1) is 19.8 Å². The molecule has 2 N–H and O–H groups in total. The van der Waals surface area contributed by atoms with Crippen LogP contribution in [0.15, 0.2) is 18.2 Å². The summed E-state index contributed by atoms with van der Waals surface area (Å²) < 4.78 is 25.3. The average molecular weight is 446 g/mol. The summed E-state index contributed by atoms with van der Waals surface area (Å²) in [6, 6.07) is 4.37. The van der Waals surface area contributed by atoms with Gasteiger partial charge in [-0.15, -0.1) is 0 Å². The maximum absolute atomic E-state index is 14.2. The maximum atomic E-state index is 14.2. The number of ether oxygens (including phenoxy) is 2. The van der Waals surface area contributed by atoms with Crippen molar-refractivity contribution in [2.45, 2.75) is 56.9 Å². The number of halogens is 1. The summed E-state index contributed by atoms with van der Waals surface area (Å²) in [5, 5.41) is 6.25. The van der Waals surface area contributed by atoms with Gasteiger partial charge in [-0.1, -0.05) is 19.3 Å². The van der Waals surface area contributed by atoms with Crippen LogP contribution < -0.4 is 15.4 Å². The molecule has 0 aromatic heterocycles. The number of nitrogens with zero attached hydrogens (tertiary/aromatic N) is 1. The Morgan fingerprint density at radius 1 is 1.19 bits per heavy atom. The fourth-order valence-corrected chi connectivity index (χ4v) is 6.70. The number of morpholine rings is 1. The number of nitrogens with one attached hydrogen (secondary N) is 2. The van der Waals surface area contributed by atoms with Crippen LogP contribution in [0.2, 0.25) is 0 Å². The van der Waals surface area contributed by atoms with Crippen LogP contribution >= 0.6 is 0 Å². The third-order valence-corrected chi connectivity index (χ3v) is 8.02. The largest absolute Gasteiger partial charge is 0.490 e. The highest BCUT2D eigenvalue weighted by Crippen LogP contribution is 2.55. The van der Waals surface area contributed by atoms with Gasteiger partial charge in [-0.2, -0.15) is 0 Å². The fourth-order valence-electron chi connectivity index (χ4n) is 6.70. The van der Waals surface area contributed by atoms with Gasteiger partial charge in [-0.05, 0) is 62.0 Å². The molecule has 1 aliphatic heterocycles. The molecule has 1 aromatic rings. The van der Waals surface area contributed by atoms with E-state index < -0.39 is 5.82 Å². The first-order valence-corrected chi connectivity index (χ1v) is 12.4. The summed E-state index contributed by atoms with van der Waals surface area (Å²) in [5.74, 6) is 2.09. The van der Waals surface area contributed by atoms with Crippen molar-refractivity contribution in [3.05, 3.63) is 24.0 Å². The molecular weight excluding hydrogens is 409 g/mol. The van der Waals surface area contributed by atoms with Crippen LogP contribution in [-0.2, 0) is 4.74 Å². The third-order valence-electron chi connectivity index (χ3n) is 8.02. The van der Waals surface area contributed by atoms with E-state index in [0.717, 1.165) is 76.3 Å². The van der Waals surface area contributed by atoms with Crippen LogP contribution in [0.25, 0.3) is 0 Å². The normalized spacial score (nSPS) is 31.8. The van der Waals surface area contributed by atoms with Gasteiger partial charge in [0.15, 0.2) is 11.6 Å². The number of urea groups is 1. The Balaban J connectivity index is 1.13. The first kappa shape index (κ1) is 22.0. The smallest absolute Gasteiger partial charge is 0.319 e. The molecule has 1 aromatic carbocycles. The minimum absolute atomic E-state index is 0.0540. The summed E-state index contributed by atoms with van der Waals surface area (Å²) >= 11 is 0. The molecule has 32 heavy (non-hydrogen) atoms. The molecule has 4 unspecified atom stereocenters. The molecule has 5 rings (SSSR count). The number of benzene rings is 1. The molecule has 1 heterocycles. The number of carbonyl (C=O) groups is 1. The number of fused-ring (bicyclic) bond motifs is 2. The van der Waals surface area contributed by atoms with E-state index in [9.17, 15) is 9.18 Å². The van der Waals surface area contributed by atoms with E-state index in [1.165, 1.54) is 31.7 Å². The monoisotopic (exact) mass is 445 g/mol. The van der Waals surface area contributed by atoms with E-state index in [1.807, 2.05) is 0 Å². The maximum Gasteiger partial charge on any atom is 0.319 e. The number of carbonyl (C=O) groups excluding carboxylic acids is 1. The van der Waals surface area contributed by atoms with Gasteiger partial charge < -0.3 is 20.1 Å². The van der Waals surface area contributed by atoms with Gasteiger partial charge >= 0.3 is 6.03 Å². The number of rotatable bonds is 7. The quantitative estimate of drug-likeness (QED) is 0.611. The summed E-state index contributed by atoms with van der Waals surface area (Å²) in [5.41, 5.74) is 0.510. The van der Waals surface area contributed by atoms with Crippen molar-refractivity contribution in [2.24, 2.45) is 17.8 Å². The second kappa shape index (κ2) is 9.56. The van der Waals surface area contributed by atoms with E-state index in [-0.39, 0.29) is 17.3 Å². The molecule has 2 amide bonds. The Labute approximate surface area is 190 Å². The molecule has 4 fully saturated rings. The minimum atomic E-state index is -0.403. The van der Waals surface area contributed by atoms with Gasteiger partial charge in [-0.3, -0.25) is 4.90 Å². The zero-order valence-electron chi connectivity index (χ0n) is 18.9. The lowest BCUT2D eigenvalue weighted by Crippen LogP contribution is -2.51. The molecular formula is C25H36FN3O3. The molecule has 1 saturated heterocycles. The standard InChI is InChI=1S/C25H36FN3O3/c26-22-6-5-21(14-23(22)32-10-2-7-29-8-11-31-12-9-29)27-24(30)28-25-15-18-3-1-4-19(16-25)20(13-18)17-25/h5-6,14,18-20H,1-4,7-13,15-17H2,(H2,27,28,30). The lowest BCUT2D eigenvalue weighted by atomic mass is 9.75. The average Bonchev–Trinajstić information content (AvgIpc) is 2.93. The van der Waals surface area contributed by atoms with Crippen LogP contribution in [0, 0.1) is 23.6 Å². The highest BCUT2D eigenvalue weighted by atomic mass is 19.1. The van der Waals surface area contributed by atoms with E-state index in [1.54, 1.807) is 12.1 Å². The molecule has 4 atom stereocenters. The molecule has 3 bridgehead atoms. The first-order valence-electron chi connectivity index (χ1n) is 12.4. The van der Waals surface area contributed by atoms with Crippen molar-refractivity contribution >= 4 is 11.7 Å². The summed E-state index contributed by atoms with van der Waals surface area (Å²) in [4.78, 5) is 15.2. The van der Waals surface area contributed by atoms with Crippen LogP contribution in [0.5, 0.6) is 5.75 Å². The third kappa shape index (κ3) is 5.04. The van der Waals surface area contributed by atoms with E-state index in [0.29, 0.717) is 12.3 Å². The Hall–Kier alpha value is -1.86. The molecule has 3 aliphatic carbocycles. The Morgan fingerprint density at radius 2 is 2.03 bits per heavy atom. The predicted molar refractivity (Wildman–Crippen MR) is 121 cm³/mol. The number of anilines is 1. The van der Waals surface area contributed by atoms with Crippen molar-refractivity contribution in [1.82, 2.24) is 10.2 Å². The van der Waals surface area contributed by atoms with Crippen molar-refractivity contribution < 1.29 is 18.7 Å². The minimum Gasteiger partial charge on any atom is -0.490 e. The highest BCUT2D eigenvalue weighted by Gasteiger charge is 2.52. The van der Waals surface area contributed by atoms with Crippen molar-refractivity contribution in [3.8, 4) is 5.75 Å². The van der Waals surface area contributed by atoms with Crippen molar-refractivity contribution in [2.75, 3.05) is 44.8 Å². The number of hydrogen-bond donors (Lipinski definition) is 2. The lowest BCUT2D eigenvalue weighted by molar-refractivity contribution is 0.0357. The molecule has 4 aliphatic rings. The topological polar surface area (TPSA) is 62.8 Å². The number of amides is 2. The van der Waals surface area contributed by atoms with Crippen LogP contribution in [0.1, 0.15) is 51.4 Å². The van der Waals surface area contributed by atoms with Crippen molar-refractivity contribution in [3.63, 3.8) is 0 Å². The second-order valence-electron chi connectivity index (χ2n) is 10.3. The molecule has 7 heteroatoms. The van der Waals surface area contributed by atoms with E-state index in [2.05, 4.69) is 15.5 Å².